The van der Waals surface area contributed by atoms with E-state index in [2.05, 4.69) is 34.5 Å². The van der Waals surface area contributed by atoms with E-state index in [4.69, 9.17) is 4.42 Å². The quantitative estimate of drug-likeness (QED) is 0.222. The maximum absolute atomic E-state index is 5.56. The third kappa shape index (κ3) is 10.2. The largest absolute Gasteiger partial charge is 0.444 e. The van der Waals surface area contributed by atoms with Crippen molar-refractivity contribution in [2.45, 2.75) is 79.2 Å². The summed E-state index contributed by atoms with van der Waals surface area (Å²) in [5, 5.41) is 6.65. The first-order chi connectivity index (χ1) is 11.2. The molecule has 1 aromatic heterocycles. The number of oxazole rings is 1. The molecule has 6 heteroatoms. The Kier molecular flexibility index (Phi) is 14.1. The maximum Gasteiger partial charge on any atom is 0.216 e. The van der Waals surface area contributed by atoms with Crippen LogP contribution in [-0.2, 0) is 6.54 Å². The number of hydrogen-bond acceptors (Lipinski definition) is 3. The highest BCUT2D eigenvalue weighted by Crippen LogP contribution is 2.09. The summed E-state index contributed by atoms with van der Waals surface area (Å²) in [6.45, 7) is 10.5. The average Bonchev–Trinajstić information content (AvgIpc) is 2.86. The van der Waals surface area contributed by atoms with E-state index in [1.165, 1.54) is 44.9 Å². The van der Waals surface area contributed by atoms with Crippen LogP contribution in [0.4, 0.5) is 0 Å². The molecule has 0 aliphatic rings. The third-order valence-corrected chi connectivity index (χ3v) is 3.86. The number of halogens is 1. The lowest BCUT2D eigenvalue weighted by atomic mass is 10.1. The zero-order valence-electron chi connectivity index (χ0n) is 15.8. The van der Waals surface area contributed by atoms with Gasteiger partial charge in [0.05, 0.1) is 5.69 Å². The smallest absolute Gasteiger partial charge is 0.216 e. The first-order valence-electron chi connectivity index (χ1n) is 9.12. The van der Waals surface area contributed by atoms with Crippen LogP contribution in [0.2, 0.25) is 0 Å². The lowest BCUT2D eigenvalue weighted by Gasteiger charge is -2.10. The number of rotatable bonds is 11. The van der Waals surface area contributed by atoms with Crippen molar-refractivity contribution in [3.05, 3.63) is 17.3 Å². The van der Waals surface area contributed by atoms with Crippen molar-refractivity contribution in [1.82, 2.24) is 15.6 Å². The van der Waals surface area contributed by atoms with Crippen LogP contribution in [0.3, 0.4) is 0 Å². The Bertz CT molecular complexity index is 440. The van der Waals surface area contributed by atoms with Crippen molar-refractivity contribution in [3.63, 3.8) is 0 Å². The van der Waals surface area contributed by atoms with Gasteiger partial charge in [0.1, 0.15) is 12.3 Å². The van der Waals surface area contributed by atoms with Crippen LogP contribution in [0.25, 0.3) is 0 Å². The highest BCUT2D eigenvalue weighted by Gasteiger charge is 2.05. The van der Waals surface area contributed by atoms with Gasteiger partial charge in [-0.25, -0.2) is 9.98 Å². The molecule has 1 rings (SSSR count). The number of aryl methyl sites for hydroxylation is 2. The minimum atomic E-state index is 0. The molecule has 0 radical (unpaired) electrons. The van der Waals surface area contributed by atoms with Gasteiger partial charge in [0.25, 0.3) is 0 Å². The SMILES string of the molecule is CCCCCCCCCNC(=NCc1nc(C)c(C)o1)NCC.I. The minimum absolute atomic E-state index is 0. The predicted octanol–water partition coefficient (Wildman–Crippen LogP) is 4.72. The fourth-order valence-electron chi connectivity index (χ4n) is 2.38. The van der Waals surface area contributed by atoms with Crippen LogP contribution >= 0.6 is 24.0 Å². The molecule has 0 saturated heterocycles. The van der Waals surface area contributed by atoms with Gasteiger partial charge in [0.15, 0.2) is 5.96 Å². The van der Waals surface area contributed by atoms with E-state index in [0.29, 0.717) is 12.4 Å². The van der Waals surface area contributed by atoms with Crippen molar-refractivity contribution < 1.29 is 4.42 Å². The van der Waals surface area contributed by atoms with Gasteiger partial charge >= 0.3 is 0 Å². The van der Waals surface area contributed by atoms with Crippen LogP contribution in [-0.4, -0.2) is 24.0 Å². The van der Waals surface area contributed by atoms with Gasteiger partial charge in [0, 0.05) is 13.1 Å². The van der Waals surface area contributed by atoms with Crippen LogP contribution in [0.5, 0.6) is 0 Å². The molecule has 1 aromatic rings. The molecule has 0 saturated carbocycles. The molecule has 0 aliphatic heterocycles. The maximum atomic E-state index is 5.56. The summed E-state index contributed by atoms with van der Waals surface area (Å²) in [5.41, 5.74) is 0.941. The van der Waals surface area contributed by atoms with Crippen LogP contribution in [0.15, 0.2) is 9.41 Å². The molecule has 24 heavy (non-hydrogen) atoms. The first kappa shape index (κ1) is 23.2. The molecule has 5 nitrogen and oxygen atoms in total. The first-order valence-corrected chi connectivity index (χ1v) is 9.12. The summed E-state index contributed by atoms with van der Waals surface area (Å²) in [6.07, 6.45) is 9.24. The molecule has 0 atom stereocenters. The number of aromatic nitrogens is 1. The van der Waals surface area contributed by atoms with Crippen molar-refractivity contribution in [1.29, 1.82) is 0 Å². The van der Waals surface area contributed by atoms with Crippen molar-refractivity contribution >= 4 is 29.9 Å². The number of nitrogens with zero attached hydrogens (tertiary/aromatic N) is 2. The van der Waals surface area contributed by atoms with E-state index in [-0.39, 0.29) is 24.0 Å². The fraction of sp³-hybridized carbons (Fsp3) is 0.778. The molecule has 140 valence electrons. The van der Waals surface area contributed by atoms with E-state index in [1.54, 1.807) is 0 Å². The van der Waals surface area contributed by atoms with Gasteiger partial charge in [0.2, 0.25) is 5.89 Å². The minimum Gasteiger partial charge on any atom is -0.444 e. The van der Waals surface area contributed by atoms with E-state index in [0.717, 1.165) is 30.5 Å². The normalized spacial score (nSPS) is 11.2. The summed E-state index contributed by atoms with van der Waals surface area (Å²) in [6, 6.07) is 0. The molecule has 0 amide bonds. The second-order valence-corrected chi connectivity index (χ2v) is 5.99. The Balaban J connectivity index is 0.00000529. The number of guanidine groups is 1. The van der Waals surface area contributed by atoms with Crippen LogP contribution in [0.1, 0.15) is 76.1 Å². The van der Waals surface area contributed by atoms with Crippen LogP contribution < -0.4 is 10.6 Å². The van der Waals surface area contributed by atoms with Crippen molar-refractivity contribution in [3.8, 4) is 0 Å². The van der Waals surface area contributed by atoms with Gasteiger partial charge in [-0.1, -0.05) is 45.4 Å². The molecule has 0 bridgehead atoms. The monoisotopic (exact) mass is 450 g/mol. The fourth-order valence-corrected chi connectivity index (χ4v) is 2.38. The van der Waals surface area contributed by atoms with Gasteiger partial charge in [-0.3, -0.25) is 0 Å². The highest BCUT2D eigenvalue weighted by molar-refractivity contribution is 14.0. The molecule has 2 N–H and O–H groups in total. The van der Waals surface area contributed by atoms with Gasteiger partial charge in [-0.05, 0) is 27.2 Å². The molecule has 0 fully saturated rings. The Hall–Kier alpha value is -0.790. The second kappa shape index (κ2) is 14.5. The molecular formula is C18H35IN4O. The standard InChI is InChI=1S/C18H34N4O.HI/c1-5-7-8-9-10-11-12-13-20-18(19-6-2)21-14-17-22-15(3)16(4)23-17;/h5-14H2,1-4H3,(H2,19,20,21);1H. The molecule has 0 aromatic carbocycles. The van der Waals surface area contributed by atoms with E-state index < -0.39 is 0 Å². The Morgan fingerprint density at radius 3 is 2.25 bits per heavy atom. The molecule has 0 aliphatic carbocycles. The number of aliphatic imine (C=N–C) groups is 1. The summed E-state index contributed by atoms with van der Waals surface area (Å²) in [5.74, 6) is 2.39. The van der Waals surface area contributed by atoms with Gasteiger partial charge < -0.3 is 15.1 Å². The number of hydrogen-bond donors (Lipinski definition) is 2. The van der Waals surface area contributed by atoms with Crippen molar-refractivity contribution in [2.24, 2.45) is 4.99 Å². The van der Waals surface area contributed by atoms with E-state index in [9.17, 15) is 0 Å². The zero-order chi connectivity index (χ0) is 16.9. The number of nitrogens with one attached hydrogen (secondary N) is 2. The summed E-state index contributed by atoms with van der Waals surface area (Å²) in [4.78, 5) is 8.89. The van der Waals surface area contributed by atoms with Gasteiger partial charge in [-0.15, -0.1) is 24.0 Å². The highest BCUT2D eigenvalue weighted by atomic mass is 127. The molecular weight excluding hydrogens is 415 g/mol. The summed E-state index contributed by atoms with van der Waals surface area (Å²) in [7, 11) is 0. The summed E-state index contributed by atoms with van der Waals surface area (Å²) < 4.78 is 5.56. The third-order valence-electron chi connectivity index (χ3n) is 3.86. The molecule has 0 unspecified atom stereocenters. The lowest BCUT2D eigenvalue weighted by molar-refractivity contribution is 0.472. The molecule has 0 spiro atoms. The van der Waals surface area contributed by atoms with Crippen LogP contribution in [0, 0.1) is 13.8 Å². The second-order valence-electron chi connectivity index (χ2n) is 5.99. The Labute approximate surface area is 164 Å². The topological polar surface area (TPSA) is 62.5 Å². The average molecular weight is 450 g/mol. The van der Waals surface area contributed by atoms with Gasteiger partial charge in [-0.2, -0.15) is 0 Å². The van der Waals surface area contributed by atoms with E-state index in [1.807, 2.05) is 13.8 Å². The zero-order valence-corrected chi connectivity index (χ0v) is 18.1. The molecule has 1 heterocycles. The summed E-state index contributed by atoms with van der Waals surface area (Å²) >= 11 is 0. The van der Waals surface area contributed by atoms with Crippen molar-refractivity contribution in [2.75, 3.05) is 13.1 Å². The Morgan fingerprint density at radius 2 is 1.67 bits per heavy atom. The lowest BCUT2D eigenvalue weighted by Crippen LogP contribution is -2.37. The Morgan fingerprint density at radius 1 is 1.00 bits per heavy atom. The predicted molar refractivity (Wildman–Crippen MR) is 112 cm³/mol. The number of unbranched alkanes of at least 4 members (excludes halogenated alkanes) is 6. The van der Waals surface area contributed by atoms with E-state index >= 15 is 0 Å².